The molecule has 0 atom stereocenters. The summed E-state index contributed by atoms with van der Waals surface area (Å²) in [6, 6.07) is 11.6. The van der Waals surface area contributed by atoms with Crippen molar-refractivity contribution in [2.75, 3.05) is 11.3 Å². The molecule has 0 aliphatic heterocycles. The predicted molar refractivity (Wildman–Crippen MR) is 105 cm³/mol. The van der Waals surface area contributed by atoms with Gasteiger partial charge in [0.15, 0.2) is 0 Å². The van der Waals surface area contributed by atoms with Crippen molar-refractivity contribution < 1.29 is 13.2 Å². The minimum absolute atomic E-state index is 0.0691. The number of hydrogen-bond donors (Lipinski definition) is 2. The van der Waals surface area contributed by atoms with Crippen molar-refractivity contribution in [2.24, 2.45) is 0 Å². The molecule has 0 radical (unpaired) electrons. The molecule has 0 aliphatic carbocycles. The second-order valence-corrected chi connectivity index (χ2v) is 8.03. The Hall–Kier alpha value is -2.34. The van der Waals surface area contributed by atoms with Crippen molar-refractivity contribution in [3.63, 3.8) is 0 Å². The molecule has 2 rings (SSSR count). The second-order valence-electron chi connectivity index (χ2n) is 6.34. The van der Waals surface area contributed by atoms with Crippen molar-refractivity contribution in [1.82, 2.24) is 5.32 Å². The number of sulfonamides is 1. The normalized spacial score (nSPS) is 11.2. The van der Waals surface area contributed by atoms with E-state index in [4.69, 9.17) is 0 Å². The quantitative estimate of drug-likeness (QED) is 0.685. The highest BCUT2D eigenvalue weighted by atomic mass is 32.2. The zero-order valence-corrected chi connectivity index (χ0v) is 16.3. The van der Waals surface area contributed by atoms with E-state index in [1.165, 1.54) is 12.1 Å². The van der Waals surface area contributed by atoms with Crippen molar-refractivity contribution >= 4 is 21.6 Å². The molecule has 5 nitrogen and oxygen atoms in total. The van der Waals surface area contributed by atoms with E-state index in [0.717, 1.165) is 30.4 Å². The van der Waals surface area contributed by atoms with Crippen molar-refractivity contribution in [3.8, 4) is 0 Å². The Morgan fingerprint density at radius 2 is 1.77 bits per heavy atom. The molecule has 2 aromatic carbocycles. The van der Waals surface area contributed by atoms with Crippen LogP contribution >= 0.6 is 0 Å². The zero-order valence-electron chi connectivity index (χ0n) is 15.5. The Labute approximate surface area is 155 Å². The van der Waals surface area contributed by atoms with Gasteiger partial charge in [0.25, 0.3) is 15.9 Å². The fourth-order valence-electron chi connectivity index (χ4n) is 2.55. The zero-order chi connectivity index (χ0) is 19.2. The number of carbonyl (C=O) groups excluding carboxylic acids is 1. The number of aryl methyl sites for hydroxylation is 1. The molecule has 6 heteroatoms. The van der Waals surface area contributed by atoms with Crippen LogP contribution in [0.15, 0.2) is 47.4 Å². The number of benzene rings is 2. The van der Waals surface area contributed by atoms with Gasteiger partial charge < -0.3 is 5.32 Å². The van der Waals surface area contributed by atoms with E-state index in [9.17, 15) is 13.2 Å². The van der Waals surface area contributed by atoms with Gasteiger partial charge in [-0.05, 0) is 55.7 Å². The fraction of sp³-hybridized carbons (Fsp3) is 0.350. The van der Waals surface area contributed by atoms with Crippen LogP contribution in [-0.2, 0) is 10.0 Å². The summed E-state index contributed by atoms with van der Waals surface area (Å²) >= 11 is 0. The van der Waals surface area contributed by atoms with Gasteiger partial charge in [-0.25, -0.2) is 8.42 Å². The van der Waals surface area contributed by atoms with Crippen LogP contribution in [0, 0.1) is 13.8 Å². The van der Waals surface area contributed by atoms with E-state index in [0.29, 0.717) is 17.8 Å². The minimum Gasteiger partial charge on any atom is -0.352 e. The van der Waals surface area contributed by atoms with Gasteiger partial charge >= 0.3 is 0 Å². The molecule has 0 unspecified atom stereocenters. The number of amides is 1. The third-order valence-corrected chi connectivity index (χ3v) is 5.68. The van der Waals surface area contributed by atoms with Gasteiger partial charge in [0.1, 0.15) is 0 Å². The predicted octanol–water partition coefficient (Wildman–Crippen LogP) is 4.02. The fourth-order valence-corrected chi connectivity index (χ4v) is 3.72. The average molecular weight is 375 g/mol. The summed E-state index contributed by atoms with van der Waals surface area (Å²) < 4.78 is 28.0. The summed E-state index contributed by atoms with van der Waals surface area (Å²) in [7, 11) is -3.77. The maximum Gasteiger partial charge on any atom is 0.261 e. The molecule has 0 saturated carbocycles. The lowest BCUT2D eigenvalue weighted by Crippen LogP contribution is -2.24. The topological polar surface area (TPSA) is 75.3 Å². The Morgan fingerprint density at radius 1 is 1.04 bits per heavy atom. The molecule has 0 spiro atoms. The molecule has 0 saturated heterocycles. The molecule has 2 aromatic rings. The standard InChI is InChI=1S/C20H26N2O3S/c1-4-5-6-13-21-20(23)17-10-8-11-18(14-17)26(24,25)22-19-12-7-9-15(2)16(19)3/h7-12,14,22H,4-6,13H2,1-3H3,(H,21,23). The molecule has 26 heavy (non-hydrogen) atoms. The van der Waals surface area contributed by atoms with Crippen LogP contribution in [0.25, 0.3) is 0 Å². The van der Waals surface area contributed by atoms with Crippen LogP contribution in [0.1, 0.15) is 47.7 Å². The van der Waals surface area contributed by atoms with Gasteiger partial charge in [0.2, 0.25) is 0 Å². The summed E-state index contributed by atoms with van der Waals surface area (Å²) in [5.74, 6) is -0.259. The first-order valence-electron chi connectivity index (χ1n) is 8.82. The highest BCUT2D eigenvalue weighted by molar-refractivity contribution is 7.92. The lowest BCUT2D eigenvalue weighted by Gasteiger charge is -2.13. The second kappa shape index (κ2) is 8.85. The van der Waals surface area contributed by atoms with E-state index in [2.05, 4.69) is 17.0 Å². The van der Waals surface area contributed by atoms with Gasteiger partial charge in [-0.3, -0.25) is 9.52 Å². The SMILES string of the molecule is CCCCCNC(=O)c1cccc(S(=O)(=O)Nc2cccc(C)c2C)c1. The number of nitrogens with one attached hydrogen (secondary N) is 2. The Bertz CT molecular complexity index is 876. The molecular formula is C20H26N2O3S. The average Bonchev–Trinajstić information content (AvgIpc) is 2.62. The summed E-state index contributed by atoms with van der Waals surface area (Å²) in [4.78, 5) is 12.3. The van der Waals surface area contributed by atoms with E-state index in [-0.39, 0.29) is 10.8 Å². The number of carbonyl (C=O) groups is 1. The summed E-state index contributed by atoms with van der Waals surface area (Å²) in [5.41, 5.74) is 2.76. The first kappa shape index (κ1) is 20.0. The summed E-state index contributed by atoms with van der Waals surface area (Å²) in [6.45, 7) is 6.48. The molecule has 0 fully saturated rings. The molecule has 140 valence electrons. The van der Waals surface area contributed by atoms with Crippen LogP contribution in [0.4, 0.5) is 5.69 Å². The van der Waals surface area contributed by atoms with Crippen LogP contribution < -0.4 is 10.0 Å². The lowest BCUT2D eigenvalue weighted by atomic mass is 10.1. The number of hydrogen-bond acceptors (Lipinski definition) is 3. The number of rotatable bonds is 8. The maximum absolute atomic E-state index is 12.7. The van der Waals surface area contributed by atoms with E-state index in [1.54, 1.807) is 24.3 Å². The number of anilines is 1. The molecule has 0 aliphatic rings. The van der Waals surface area contributed by atoms with Crippen LogP contribution in [0.3, 0.4) is 0 Å². The highest BCUT2D eigenvalue weighted by Gasteiger charge is 2.17. The first-order chi connectivity index (χ1) is 12.3. The third-order valence-electron chi connectivity index (χ3n) is 4.32. The van der Waals surface area contributed by atoms with Crippen molar-refractivity contribution in [1.29, 1.82) is 0 Å². The van der Waals surface area contributed by atoms with E-state index < -0.39 is 10.0 Å². The van der Waals surface area contributed by atoms with Crippen LogP contribution in [0.2, 0.25) is 0 Å². The van der Waals surface area contributed by atoms with Gasteiger partial charge in [-0.1, -0.05) is 38.0 Å². The molecule has 0 heterocycles. The molecule has 2 N–H and O–H groups in total. The van der Waals surface area contributed by atoms with E-state index >= 15 is 0 Å². The minimum atomic E-state index is -3.77. The van der Waals surface area contributed by atoms with Crippen LogP contribution in [0.5, 0.6) is 0 Å². The lowest BCUT2D eigenvalue weighted by molar-refractivity contribution is 0.0952. The molecule has 0 bridgehead atoms. The Kier molecular flexibility index (Phi) is 6.80. The molecule has 1 amide bonds. The Balaban J connectivity index is 2.17. The monoisotopic (exact) mass is 374 g/mol. The summed E-state index contributed by atoms with van der Waals surface area (Å²) in [5, 5.41) is 2.82. The van der Waals surface area contributed by atoms with Crippen LogP contribution in [-0.4, -0.2) is 20.9 Å². The van der Waals surface area contributed by atoms with Crippen molar-refractivity contribution in [2.45, 2.75) is 44.9 Å². The van der Waals surface area contributed by atoms with E-state index in [1.807, 2.05) is 19.9 Å². The Morgan fingerprint density at radius 3 is 2.50 bits per heavy atom. The van der Waals surface area contributed by atoms with Gasteiger partial charge in [-0.2, -0.15) is 0 Å². The first-order valence-corrected chi connectivity index (χ1v) is 10.3. The third kappa shape index (κ3) is 5.08. The highest BCUT2D eigenvalue weighted by Crippen LogP contribution is 2.22. The maximum atomic E-state index is 12.7. The number of unbranched alkanes of at least 4 members (excludes halogenated alkanes) is 2. The molecular weight excluding hydrogens is 348 g/mol. The summed E-state index contributed by atoms with van der Waals surface area (Å²) in [6.07, 6.45) is 3.04. The molecule has 0 aromatic heterocycles. The van der Waals surface area contributed by atoms with Gasteiger partial charge in [-0.15, -0.1) is 0 Å². The van der Waals surface area contributed by atoms with Gasteiger partial charge in [0, 0.05) is 12.1 Å². The van der Waals surface area contributed by atoms with Gasteiger partial charge in [0.05, 0.1) is 10.6 Å². The smallest absolute Gasteiger partial charge is 0.261 e. The largest absolute Gasteiger partial charge is 0.352 e. The van der Waals surface area contributed by atoms with Crippen molar-refractivity contribution in [3.05, 3.63) is 59.2 Å².